The van der Waals surface area contributed by atoms with Gasteiger partial charge in [-0.15, -0.1) is 0 Å². The van der Waals surface area contributed by atoms with Gasteiger partial charge in [0.15, 0.2) is 0 Å². The van der Waals surface area contributed by atoms with Crippen molar-refractivity contribution in [1.29, 1.82) is 0 Å². The van der Waals surface area contributed by atoms with Crippen LogP contribution in [0.2, 0.25) is 5.02 Å². The van der Waals surface area contributed by atoms with Crippen LogP contribution in [-0.4, -0.2) is 30.1 Å². The van der Waals surface area contributed by atoms with E-state index in [9.17, 15) is 14.9 Å². The van der Waals surface area contributed by atoms with E-state index >= 15 is 0 Å². The average molecular weight is 462 g/mol. The molecule has 1 aliphatic rings. The highest BCUT2D eigenvalue weighted by Crippen LogP contribution is 2.33. The maximum atomic E-state index is 13.2. The van der Waals surface area contributed by atoms with E-state index in [2.05, 4.69) is 26.0 Å². The number of hydrogen-bond acceptors (Lipinski definition) is 4. The summed E-state index contributed by atoms with van der Waals surface area (Å²) in [6.45, 7) is 4.80. The minimum absolute atomic E-state index is 0.000789. The van der Waals surface area contributed by atoms with Gasteiger partial charge in [-0.1, -0.05) is 17.7 Å². The SMILES string of the molecule is Cc1ccc(-n2nc3c(c2-n2cccc2)CN(C(=O)c2ccc(Cl)c([N+](=O)[O-])c2)C3)cc1C. The highest BCUT2D eigenvalue weighted by Gasteiger charge is 2.32. The molecule has 1 amide bonds. The van der Waals surface area contributed by atoms with Crippen LogP contribution in [0, 0.1) is 24.0 Å². The van der Waals surface area contributed by atoms with Crippen LogP contribution in [0.5, 0.6) is 0 Å². The van der Waals surface area contributed by atoms with E-state index in [1.807, 2.05) is 39.8 Å². The summed E-state index contributed by atoms with van der Waals surface area (Å²) < 4.78 is 3.90. The normalized spacial score (nSPS) is 12.8. The fraction of sp³-hybridized carbons (Fsp3) is 0.167. The number of nitro groups is 1. The molecule has 0 aliphatic carbocycles. The van der Waals surface area contributed by atoms with Gasteiger partial charge in [0.05, 0.1) is 29.4 Å². The monoisotopic (exact) mass is 461 g/mol. The van der Waals surface area contributed by atoms with E-state index in [1.165, 1.54) is 29.3 Å². The number of aromatic nitrogens is 3. The molecule has 1 aliphatic heterocycles. The number of halogens is 1. The average Bonchev–Trinajstić information content (AvgIpc) is 3.51. The molecule has 0 atom stereocenters. The first-order valence-electron chi connectivity index (χ1n) is 10.4. The summed E-state index contributed by atoms with van der Waals surface area (Å²) in [4.78, 5) is 25.4. The number of aryl methyl sites for hydroxylation is 2. The predicted molar refractivity (Wildman–Crippen MR) is 124 cm³/mol. The second-order valence-electron chi connectivity index (χ2n) is 8.10. The van der Waals surface area contributed by atoms with Crippen molar-refractivity contribution in [3.63, 3.8) is 0 Å². The third-order valence-electron chi connectivity index (χ3n) is 5.99. The van der Waals surface area contributed by atoms with Crippen molar-refractivity contribution in [3.05, 3.63) is 104 Å². The van der Waals surface area contributed by atoms with Crippen LogP contribution in [0.1, 0.15) is 32.7 Å². The first kappa shape index (κ1) is 21.0. The molecule has 8 nitrogen and oxygen atoms in total. The fourth-order valence-corrected chi connectivity index (χ4v) is 4.28. The Bertz CT molecular complexity index is 1410. The maximum Gasteiger partial charge on any atom is 0.288 e. The molecule has 0 saturated heterocycles. The maximum absolute atomic E-state index is 13.2. The zero-order valence-corrected chi connectivity index (χ0v) is 18.8. The number of amides is 1. The number of carbonyl (C=O) groups excluding carboxylic acids is 1. The molecule has 0 bridgehead atoms. The van der Waals surface area contributed by atoms with E-state index in [-0.39, 0.29) is 22.2 Å². The van der Waals surface area contributed by atoms with Crippen molar-refractivity contribution in [2.24, 2.45) is 0 Å². The molecule has 0 radical (unpaired) electrons. The summed E-state index contributed by atoms with van der Waals surface area (Å²) in [7, 11) is 0. The standard InChI is InChI=1S/C24H20ClN5O3/c1-15-5-7-18(11-16(15)2)29-23(27-9-3-4-10-27)19-13-28(14-21(19)26-29)24(31)17-6-8-20(25)22(12-17)30(32)33/h3-12H,13-14H2,1-2H3. The van der Waals surface area contributed by atoms with Gasteiger partial charge in [0.2, 0.25) is 0 Å². The zero-order chi connectivity index (χ0) is 23.3. The summed E-state index contributed by atoms with van der Waals surface area (Å²) in [5.41, 5.74) is 5.00. The molecule has 3 heterocycles. The van der Waals surface area contributed by atoms with Crippen molar-refractivity contribution in [2.75, 3.05) is 0 Å². The van der Waals surface area contributed by atoms with Gasteiger partial charge in [-0.25, -0.2) is 4.68 Å². The molecule has 0 saturated carbocycles. The molecule has 33 heavy (non-hydrogen) atoms. The Labute approximate surface area is 194 Å². The van der Waals surface area contributed by atoms with Crippen molar-refractivity contribution in [1.82, 2.24) is 19.2 Å². The fourth-order valence-electron chi connectivity index (χ4n) is 4.09. The second-order valence-corrected chi connectivity index (χ2v) is 8.51. The lowest BCUT2D eigenvalue weighted by atomic mass is 10.1. The van der Waals surface area contributed by atoms with Crippen LogP contribution in [0.3, 0.4) is 0 Å². The molecule has 2 aromatic carbocycles. The Morgan fingerprint density at radius 2 is 1.82 bits per heavy atom. The minimum Gasteiger partial charge on any atom is -0.328 e. The molecular weight excluding hydrogens is 442 g/mol. The molecule has 0 fully saturated rings. The van der Waals surface area contributed by atoms with Crippen LogP contribution in [0.4, 0.5) is 5.69 Å². The van der Waals surface area contributed by atoms with Crippen LogP contribution in [0.25, 0.3) is 11.5 Å². The van der Waals surface area contributed by atoms with Crippen LogP contribution in [-0.2, 0) is 13.1 Å². The Kier molecular flexibility index (Phi) is 5.02. The van der Waals surface area contributed by atoms with Gasteiger partial charge >= 0.3 is 0 Å². The smallest absolute Gasteiger partial charge is 0.288 e. The van der Waals surface area contributed by atoms with E-state index in [1.54, 1.807) is 4.90 Å². The molecule has 5 rings (SSSR count). The highest BCUT2D eigenvalue weighted by molar-refractivity contribution is 6.32. The van der Waals surface area contributed by atoms with Gasteiger partial charge in [-0.3, -0.25) is 14.9 Å². The van der Waals surface area contributed by atoms with Gasteiger partial charge in [-0.2, -0.15) is 5.10 Å². The van der Waals surface area contributed by atoms with Crippen molar-refractivity contribution >= 4 is 23.2 Å². The molecule has 0 N–H and O–H groups in total. The van der Waals surface area contributed by atoms with Crippen molar-refractivity contribution < 1.29 is 9.72 Å². The number of rotatable bonds is 4. The Hall–Kier alpha value is -3.91. The summed E-state index contributed by atoms with van der Waals surface area (Å²) in [6.07, 6.45) is 3.89. The van der Waals surface area contributed by atoms with Crippen LogP contribution < -0.4 is 0 Å². The number of nitro benzene ring substituents is 1. The number of nitrogens with zero attached hydrogens (tertiary/aromatic N) is 5. The Balaban J connectivity index is 1.53. The van der Waals surface area contributed by atoms with E-state index in [0.29, 0.717) is 13.1 Å². The second kappa shape index (κ2) is 7.90. The van der Waals surface area contributed by atoms with E-state index in [0.717, 1.165) is 22.8 Å². The first-order chi connectivity index (χ1) is 15.8. The van der Waals surface area contributed by atoms with Gasteiger partial charge in [0, 0.05) is 29.6 Å². The number of hydrogen-bond donors (Lipinski definition) is 0. The van der Waals surface area contributed by atoms with Gasteiger partial charge in [0.25, 0.3) is 11.6 Å². The van der Waals surface area contributed by atoms with Gasteiger partial charge < -0.3 is 9.47 Å². The van der Waals surface area contributed by atoms with Crippen LogP contribution >= 0.6 is 11.6 Å². The van der Waals surface area contributed by atoms with Gasteiger partial charge in [0.1, 0.15) is 10.8 Å². The molecule has 9 heteroatoms. The third-order valence-corrected chi connectivity index (χ3v) is 6.31. The van der Waals surface area contributed by atoms with E-state index in [4.69, 9.17) is 16.7 Å². The summed E-state index contributed by atoms with van der Waals surface area (Å²) in [6, 6.07) is 14.2. The quantitative estimate of drug-likeness (QED) is 0.316. The Morgan fingerprint density at radius 1 is 1.06 bits per heavy atom. The van der Waals surface area contributed by atoms with Crippen LogP contribution in [0.15, 0.2) is 60.9 Å². The minimum atomic E-state index is -0.587. The first-order valence-corrected chi connectivity index (χ1v) is 10.8. The van der Waals surface area contributed by atoms with Gasteiger partial charge in [-0.05, 0) is 61.4 Å². The number of benzene rings is 2. The topological polar surface area (TPSA) is 86.2 Å². The summed E-state index contributed by atoms with van der Waals surface area (Å²) in [5, 5.41) is 16.1. The molecule has 0 spiro atoms. The largest absolute Gasteiger partial charge is 0.328 e. The Morgan fingerprint density at radius 3 is 2.52 bits per heavy atom. The zero-order valence-electron chi connectivity index (χ0n) is 18.0. The molecular formula is C24H20ClN5O3. The molecule has 0 unspecified atom stereocenters. The molecule has 2 aromatic heterocycles. The lowest BCUT2D eigenvalue weighted by Gasteiger charge is -2.18. The summed E-state index contributed by atoms with van der Waals surface area (Å²) in [5.74, 6) is 0.569. The van der Waals surface area contributed by atoms with Crippen molar-refractivity contribution in [3.8, 4) is 11.5 Å². The lowest BCUT2D eigenvalue weighted by Crippen LogP contribution is -2.26. The third kappa shape index (κ3) is 3.58. The molecule has 4 aromatic rings. The van der Waals surface area contributed by atoms with Crippen molar-refractivity contribution in [2.45, 2.75) is 26.9 Å². The number of carbonyl (C=O) groups is 1. The predicted octanol–water partition coefficient (Wildman–Crippen LogP) is 5.00. The number of fused-ring (bicyclic) bond motifs is 1. The summed E-state index contributed by atoms with van der Waals surface area (Å²) >= 11 is 5.90. The highest BCUT2D eigenvalue weighted by atomic mass is 35.5. The van der Waals surface area contributed by atoms with E-state index < -0.39 is 4.92 Å². The molecule has 166 valence electrons. The lowest BCUT2D eigenvalue weighted by molar-refractivity contribution is -0.384.